The fourth-order valence-corrected chi connectivity index (χ4v) is 3.98. The smallest absolute Gasteiger partial charge is 0.247 e. The summed E-state index contributed by atoms with van der Waals surface area (Å²) in [6, 6.07) is 6.06. The lowest BCUT2D eigenvalue weighted by molar-refractivity contribution is -0.152. The molecule has 1 atom stereocenters. The van der Waals surface area contributed by atoms with Crippen LogP contribution >= 0.6 is 0 Å². The van der Waals surface area contributed by atoms with Crippen LogP contribution in [0.25, 0.3) is 0 Å². The Hall–Kier alpha value is -2.00. The summed E-state index contributed by atoms with van der Waals surface area (Å²) in [5.74, 6) is -1.30. The Kier molecular flexibility index (Phi) is 6.26. The lowest BCUT2D eigenvalue weighted by atomic mass is 9.94. The van der Waals surface area contributed by atoms with Gasteiger partial charge in [-0.1, -0.05) is 18.2 Å². The number of hydrogen-bond acceptors (Lipinski definition) is 4. The third-order valence-corrected chi connectivity index (χ3v) is 5.83. The van der Waals surface area contributed by atoms with Gasteiger partial charge >= 0.3 is 0 Å². The van der Waals surface area contributed by atoms with E-state index in [0.717, 1.165) is 10.6 Å². The molecule has 7 nitrogen and oxygen atoms in total. The molecule has 1 aromatic rings. The van der Waals surface area contributed by atoms with Gasteiger partial charge in [-0.25, -0.2) is 12.8 Å². The molecule has 1 unspecified atom stereocenters. The average molecular weight is 399 g/mol. The number of nitrogens with one attached hydrogen (secondary N) is 1. The summed E-state index contributed by atoms with van der Waals surface area (Å²) < 4.78 is 38.9. The van der Waals surface area contributed by atoms with Crippen molar-refractivity contribution in [3.8, 4) is 0 Å². The first-order valence-corrected chi connectivity index (χ1v) is 10.6. The average Bonchev–Trinajstić information content (AvgIpc) is 2.54. The van der Waals surface area contributed by atoms with Crippen LogP contribution in [0.2, 0.25) is 0 Å². The van der Waals surface area contributed by atoms with E-state index in [-0.39, 0.29) is 37.9 Å². The highest BCUT2D eigenvalue weighted by atomic mass is 32.2. The number of sulfonamides is 1. The van der Waals surface area contributed by atoms with E-state index in [1.54, 1.807) is 39.0 Å². The van der Waals surface area contributed by atoms with Crippen molar-refractivity contribution in [2.75, 3.05) is 25.9 Å². The largest absolute Gasteiger partial charge is 0.352 e. The van der Waals surface area contributed by atoms with E-state index in [1.165, 1.54) is 11.0 Å². The van der Waals surface area contributed by atoms with Gasteiger partial charge in [0, 0.05) is 19.1 Å². The Balaban J connectivity index is 2.32. The molecular formula is C18H26FN3O4S. The molecule has 150 valence electrons. The molecule has 1 N–H and O–H groups in total. The second-order valence-corrected chi connectivity index (χ2v) is 9.30. The predicted molar refractivity (Wildman–Crippen MR) is 99.9 cm³/mol. The van der Waals surface area contributed by atoms with Crippen LogP contribution in [0.5, 0.6) is 0 Å². The van der Waals surface area contributed by atoms with E-state index in [4.69, 9.17) is 0 Å². The summed E-state index contributed by atoms with van der Waals surface area (Å²) in [4.78, 5) is 26.9. The normalized spacial score (nSPS) is 21.6. The van der Waals surface area contributed by atoms with Crippen molar-refractivity contribution in [3.05, 3.63) is 35.6 Å². The van der Waals surface area contributed by atoms with Crippen molar-refractivity contribution in [3.63, 3.8) is 0 Å². The molecule has 9 heteroatoms. The van der Waals surface area contributed by atoms with Crippen LogP contribution in [0.4, 0.5) is 4.39 Å². The molecule has 1 aliphatic heterocycles. The second-order valence-electron chi connectivity index (χ2n) is 7.32. The molecule has 0 saturated carbocycles. The summed E-state index contributed by atoms with van der Waals surface area (Å²) in [6.07, 6.45) is 1.23. The summed E-state index contributed by atoms with van der Waals surface area (Å²) >= 11 is 0. The molecule has 2 rings (SSSR count). The number of hydrogen-bond donors (Lipinski definition) is 1. The molecule has 0 aromatic heterocycles. The number of rotatable bonds is 6. The third kappa shape index (κ3) is 4.84. The molecule has 1 heterocycles. The number of halogens is 1. The maximum atomic E-state index is 13.9. The maximum absolute atomic E-state index is 13.9. The molecule has 0 spiro atoms. The zero-order chi connectivity index (χ0) is 20.4. The molecule has 27 heavy (non-hydrogen) atoms. The van der Waals surface area contributed by atoms with Crippen LogP contribution in [0.15, 0.2) is 24.3 Å². The van der Waals surface area contributed by atoms with Gasteiger partial charge in [-0.15, -0.1) is 0 Å². The van der Waals surface area contributed by atoms with E-state index >= 15 is 0 Å². The summed E-state index contributed by atoms with van der Waals surface area (Å²) in [5, 5.41) is 2.76. The van der Waals surface area contributed by atoms with Crippen molar-refractivity contribution in [1.29, 1.82) is 0 Å². The van der Waals surface area contributed by atoms with Crippen LogP contribution < -0.4 is 5.32 Å². The Morgan fingerprint density at radius 1 is 1.33 bits per heavy atom. The maximum Gasteiger partial charge on any atom is 0.247 e. The lowest BCUT2D eigenvalue weighted by Crippen LogP contribution is -2.70. The fourth-order valence-electron chi connectivity index (χ4n) is 3.15. The molecule has 1 fully saturated rings. The van der Waals surface area contributed by atoms with Crippen molar-refractivity contribution >= 4 is 21.8 Å². The number of amides is 2. The van der Waals surface area contributed by atoms with E-state index in [0.29, 0.717) is 5.56 Å². The molecule has 0 aliphatic carbocycles. The molecule has 1 saturated heterocycles. The number of carbonyl (C=O) groups excluding carboxylic acids is 2. The van der Waals surface area contributed by atoms with Gasteiger partial charge in [0.25, 0.3) is 0 Å². The Morgan fingerprint density at radius 2 is 1.96 bits per heavy atom. The van der Waals surface area contributed by atoms with Gasteiger partial charge in [0.05, 0.1) is 12.8 Å². The van der Waals surface area contributed by atoms with Crippen molar-refractivity contribution in [2.45, 2.75) is 38.8 Å². The molecule has 1 aromatic carbocycles. The minimum absolute atomic E-state index is 0.110. The van der Waals surface area contributed by atoms with Crippen LogP contribution in [0.1, 0.15) is 26.3 Å². The zero-order valence-electron chi connectivity index (χ0n) is 16.0. The van der Waals surface area contributed by atoms with Gasteiger partial charge < -0.3 is 10.2 Å². The molecule has 0 radical (unpaired) electrons. The Bertz CT molecular complexity index is 828. The van der Waals surface area contributed by atoms with Crippen molar-refractivity contribution < 1.29 is 22.4 Å². The fraction of sp³-hybridized carbons (Fsp3) is 0.556. The molecule has 1 aliphatic rings. The minimum atomic E-state index is -3.64. The summed E-state index contributed by atoms with van der Waals surface area (Å²) in [7, 11) is -3.64. The van der Waals surface area contributed by atoms with Crippen LogP contribution in [0, 0.1) is 5.82 Å². The number of carbonyl (C=O) groups is 2. The number of benzene rings is 1. The third-order valence-electron chi connectivity index (χ3n) is 4.63. The standard InChI is InChI=1S/C18H26FN3O4S/c1-13(2)20-17(24)18(3)12-21(27(4,25)26)11-16(23)22(18)10-9-14-7-5-6-8-15(14)19/h5-8,13H,9-12H2,1-4H3,(H,20,24). The van der Waals surface area contributed by atoms with Crippen LogP contribution in [-0.4, -0.2) is 66.9 Å². The Morgan fingerprint density at radius 3 is 2.52 bits per heavy atom. The van der Waals surface area contributed by atoms with Gasteiger partial charge in [-0.2, -0.15) is 4.31 Å². The van der Waals surface area contributed by atoms with E-state index in [1.807, 2.05) is 0 Å². The van der Waals surface area contributed by atoms with E-state index in [2.05, 4.69) is 5.32 Å². The SMILES string of the molecule is CC(C)NC(=O)C1(C)CN(S(C)(=O)=O)CC(=O)N1CCc1ccccc1F. The highest BCUT2D eigenvalue weighted by molar-refractivity contribution is 7.88. The lowest BCUT2D eigenvalue weighted by Gasteiger charge is -2.46. The molecule has 2 amide bonds. The number of nitrogens with zero attached hydrogens (tertiary/aromatic N) is 2. The van der Waals surface area contributed by atoms with Gasteiger partial charge in [-0.3, -0.25) is 9.59 Å². The first kappa shape index (κ1) is 21.3. The van der Waals surface area contributed by atoms with Crippen molar-refractivity contribution in [1.82, 2.24) is 14.5 Å². The van der Waals surface area contributed by atoms with Crippen molar-refractivity contribution in [2.24, 2.45) is 0 Å². The topological polar surface area (TPSA) is 86.8 Å². The van der Waals surface area contributed by atoms with Gasteiger partial charge in [0.15, 0.2) is 0 Å². The van der Waals surface area contributed by atoms with Gasteiger partial charge in [0.2, 0.25) is 21.8 Å². The van der Waals surface area contributed by atoms with Gasteiger partial charge in [0.1, 0.15) is 11.4 Å². The predicted octanol–water partition coefficient (Wildman–Crippen LogP) is 0.755. The van der Waals surface area contributed by atoms with E-state index in [9.17, 15) is 22.4 Å². The first-order chi connectivity index (χ1) is 12.4. The summed E-state index contributed by atoms with van der Waals surface area (Å²) in [5.41, 5.74) is -0.948. The van der Waals surface area contributed by atoms with Crippen LogP contribution in [0.3, 0.4) is 0 Å². The summed E-state index contributed by atoms with van der Waals surface area (Å²) in [6.45, 7) is 4.74. The minimum Gasteiger partial charge on any atom is -0.352 e. The first-order valence-electron chi connectivity index (χ1n) is 8.75. The zero-order valence-corrected chi connectivity index (χ0v) is 16.8. The quantitative estimate of drug-likeness (QED) is 0.765. The Labute approximate surface area is 159 Å². The van der Waals surface area contributed by atoms with E-state index < -0.39 is 27.4 Å². The molecule has 0 bridgehead atoms. The molecular weight excluding hydrogens is 373 g/mol. The highest BCUT2D eigenvalue weighted by Gasteiger charge is 2.49. The van der Waals surface area contributed by atoms with Gasteiger partial charge in [-0.05, 0) is 38.8 Å². The highest BCUT2D eigenvalue weighted by Crippen LogP contribution is 2.25. The number of piperazine rings is 1. The van der Waals surface area contributed by atoms with Crippen LogP contribution in [-0.2, 0) is 26.0 Å². The monoisotopic (exact) mass is 399 g/mol. The second kappa shape index (κ2) is 7.93.